The Balaban J connectivity index is 1.36. The molecule has 1 N–H and O–H groups in total. The Morgan fingerprint density at radius 2 is 2.08 bits per heavy atom. The summed E-state index contributed by atoms with van der Waals surface area (Å²) in [6.45, 7) is 2.76. The van der Waals surface area contributed by atoms with Crippen LogP contribution in [-0.4, -0.2) is 34.9 Å². The fraction of sp³-hybridized carbons (Fsp3) is 0.474. The van der Waals surface area contributed by atoms with E-state index in [1.807, 2.05) is 18.2 Å². The number of thiazole rings is 1. The van der Waals surface area contributed by atoms with Gasteiger partial charge in [0.15, 0.2) is 0 Å². The highest BCUT2D eigenvalue weighted by atomic mass is 32.1. The van der Waals surface area contributed by atoms with E-state index < -0.39 is 0 Å². The molecule has 1 aliphatic carbocycles. The van der Waals surface area contributed by atoms with Crippen molar-refractivity contribution in [2.45, 2.75) is 38.3 Å². The van der Waals surface area contributed by atoms with Crippen molar-refractivity contribution < 1.29 is 4.79 Å². The molecule has 1 atom stereocenters. The molecule has 2 fully saturated rings. The minimum absolute atomic E-state index is 0.145. The highest BCUT2D eigenvalue weighted by Crippen LogP contribution is 2.26. The minimum Gasteiger partial charge on any atom is -0.353 e. The zero-order valence-electron chi connectivity index (χ0n) is 13.8. The molecule has 1 aromatic heterocycles. The summed E-state index contributed by atoms with van der Waals surface area (Å²) >= 11 is 1.70. The summed E-state index contributed by atoms with van der Waals surface area (Å²) in [5.41, 5.74) is 2.29. The van der Waals surface area contributed by atoms with Crippen LogP contribution in [0.4, 0.5) is 0 Å². The van der Waals surface area contributed by atoms with E-state index in [0.29, 0.717) is 6.04 Å². The molecule has 1 amide bonds. The lowest BCUT2D eigenvalue weighted by Gasteiger charge is -2.31. The third-order valence-corrected chi connectivity index (χ3v) is 5.70. The van der Waals surface area contributed by atoms with Crippen LogP contribution in [0.15, 0.2) is 35.7 Å². The van der Waals surface area contributed by atoms with E-state index in [0.717, 1.165) is 56.0 Å². The van der Waals surface area contributed by atoms with Gasteiger partial charge in [0.2, 0.25) is 5.91 Å². The Morgan fingerprint density at radius 3 is 2.88 bits per heavy atom. The van der Waals surface area contributed by atoms with Gasteiger partial charge < -0.3 is 5.32 Å². The van der Waals surface area contributed by atoms with E-state index >= 15 is 0 Å². The fourth-order valence-electron chi connectivity index (χ4n) is 3.28. The van der Waals surface area contributed by atoms with Crippen LogP contribution in [0, 0.1) is 5.92 Å². The molecule has 126 valence electrons. The monoisotopic (exact) mass is 341 g/mol. The van der Waals surface area contributed by atoms with Crippen LogP contribution in [0.1, 0.15) is 31.4 Å². The molecule has 4 rings (SSSR count). The van der Waals surface area contributed by atoms with Crippen molar-refractivity contribution in [1.82, 2.24) is 15.2 Å². The second-order valence-corrected chi connectivity index (χ2v) is 7.73. The first kappa shape index (κ1) is 15.8. The van der Waals surface area contributed by atoms with Crippen LogP contribution in [-0.2, 0) is 11.3 Å². The maximum atomic E-state index is 12.3. The number of piperidine rings is 1. The molecular formula is C19H23N3OS. The summed E-state index contributed by atoms with van der Waals surface area (Å²) in [4.78, 5) is 19.4. The smallest absolute Gasteiger partial charge is 0.224 e. The van der Waals surface area contributed by atoms with Gasteiger partial charge in [0, 0.05) is 30.1 Å². The van der Waals surface area contributed by atoms with E-state index in [9.17, 15) is 4.79 Å². The normalized spacial score (nSPS) is 21.6. The summed E-state index contributed by atoms with van der Waals surface area (Å²) in [6, 6.07) is 10.8. The van der Waals surface area contributed by atoms with E-state index in [1.54, 1.807) is 11.3 Å². The molecular weight excluding hydrogens is 318 g/mol. The van der Waals surface area contributed by atoms with Gasteiger partial charge in [-0.05, 0) is 32.2 Å². The molecule has 2 aromatic rings. The number of hydrogen-bond donors (Lipinski definition) is 1. The lowest BCUT2D eigenvalue weighted by Crippen LogP contribution is -2.43. The van der Waals surface area contributed by atoms with Gasteiger partial charge in [0.05, 0.1) is 11.6 Å². The lowest BCUT2D eigenvalue weighted by molar-refractivity contribution is -0.126. The number of rotatable bonds is 5. The molecule has 5 heteroatoms. The second kappa shape index (κ2) is 7.03. The molecule has 0 bridgehead atoms. The molecule has 1 saturated heterocycles. The molecule has 24 heavy (non-hydrogen) atoms. The topological polar surface area (TPSA) is 45.2 Å². The molecule has 2 aliphatic rings. The van der Waals surface area contributed by atoms with Crippen molar-refractivity contribution in [3.05, 3.63) is 41.4 Å². The molecule has 0 spiro atoms. The average Bonchev–Trinajstić information content (AvgIpc) is 3.31. The van der Waals surface area contributed by atoms with Crippen LogP contribution in [0.2, 0.25) is 0 Å². The maximum absolute atomic E-state index is 12.3. The lowest BCUT2D eigenvalue weighted by atomic mass is 9.97. The van der Waals surface area contributed by atoms with Crippen molar-refractivity contribution in [2.24, 2.45) is 5.92 Å². The van der Waals surface area contributed by atoms with Gasteiger partial charge in [0.1, 0.15) is 5.01 Å². The quantitative estimate of drug-likeness (QED) is 0.907. The number of carbonyl (C=O) groups excluding carboxylic acids is 1. The Hall–Kier alpha value is -1.72. The first-order valence-corrected chi connectivity index (χ1v) is 9.68. The van der Waals surface area contributed by atoms with E-state index in [-0.39, 0.29) is 11.8 Å². The number of benzene rings is 1. The van der Waals surface area contributed by atoms with E-state index in [1.165, 1.54) is 5.56 Å². The second-order valence-electron chi connectivity index (χ2n) is 6.87. The van der Waals surface area contributed by atoms with Crippen LogP contribution in [0.3, 0.4) is 0 Å². The summed E-state index contributed by atoms with van der Waals surface area (Å²) in [7, 11) is 0. The van der Waals surface area contributed by atoms with Crippen molar-refractivity contribution in [3.8, 4) is 10.6 Å². The van der Waals surface area contributed by atoms with Crippen LogP contribution < -0.4 is 5.32 Å². The van der Waals surface area contributed by atoms with Crippen molar-refractivity contribution in [3.63, 3.8) is 0 Å². The maximum Gasteiger partial charge on any atom is 0.224 e. The number of aromatic nitrogens is 1. The Bertz CT molecular complexity index is 696. The van der Waals surface area contributed by atoms with Gasteiger partial charge in [-0.25, -0.2) is 4.98 Å². The summed E-state index contributed by atoms with van der Waals surface area (Å²) in [5.74, 6) is 0.400. The largest absolute Gasteiger partial charge is 0.353 e. The number of nitrogens with one attached hydrogen (secondary N) is 1. The molecule has 2 heterocycles. The molecule has 1 unspecified atom stereocenters. The molecule has 1 aromatic carbocycles. The van der Waals surface area contributed by atoms with E-state index in [4.69, 9.17) is 4.98 Å². The highest BCUT2D eigenvalue weighted by Gasteiger charge is 2.30. The number of hydrogen-bond acceptors (Lipinski definition) is 4. The van der Waals surface area contributed by atoms with E-state index in [2.05, 4.69) is 27.7 Å². The number of nitrogens with zero attached hydrogens (tertiary/aromatic N) is 2. The first-order chi connectivity index (χ1) is 11.8. The van der Waals surface area contributed by atoms with Gasteiger partial charge in [-0.15, -0.1) is 11.3 Å². The van der Waals surface area contributed by atoms with Crippen molar-refractivity contribution in [1.29, 1.82) is 0 Å². The standard InChI is InChI=1S/C19H23N3OS/c23-18(20-16-8-9-16)15-7-4-10-22(11-15)12-17-13-24-19(21-17)14-5-2-1-3-6-14/h1-3,5-6,13,15-16H,4,7-12H2,(H,20,23). The van der Waals surface area contributed by atoms with Gasteiger partial charge >= 0.3 is 0 Å². The number of amides is 1. The third-order valence-electron chi connectivity index (χ3n) is 4.76. The van der Waals surface area contributed by atoms with Crippen molar-refractivity contribution >= 4 is 17.2 Å². The summed E-state index contributed by atoms with van der Waals surface area (Å²) in [6.07, 6.45) is 4.42. The van der Waals surface area contributed by atoms with Gasteiger partial charge in [-0.2, -0.15) is 0 Å². The third kappa shape index (κ3) is 3.84. The summed E-state index contributed by atoms with van der Waals surface area (Å²) < 4.78 is 0. The van der Waals surface area contributed by atoms with Crippen molar-refractivity contribution in [2.75, 3.05) is 13.1 Å². The van der Waals surface area contributed by atoms with Crippen LogP contribution >= 0.6 is 11.3 Å². The van der Waals surface area contributed by atoms with Crippen LogP contribution in [0.5, 0.6) is 0 Å². The van der Waals surface area contributed by atoms with Crippen LogP contribution in [0.25, 0.3) is 10.6 Å². The Morgan fingerprint density at radius 1 is 1.25 bits per heavy atom. The molecule has 1 aliphatic heterocycles. The average molecular weight is 341 g/mol. The predicted octanol–water partition coefficient (Wildman–Crippen LogP) is 3.30. The molecule has 0 radical (unpaired) electrons. The predicted molar refractivity (Wildman–Crippen MR) is 96.7 cm³/mol. The number of carbonyl (C=O) groups is 1. The number of likely N-dealkylation sites (tertiary alicyclic amines) is 1. The van der Waals surface area contributed by atoms with Gasteiger partial charge in [0.25, 0.3) is 0 Å². The molecule has 4 nitrogen and oxygen atoms in total. The van der Waals surface area contributed by atoms with Gasteiger partial charge in [-0.1, -0.05) is 30.3 Å². The minimum atomic E-state index is 0.145. The van der Waals surface area contributed by atoms with Gasteiger partial charge in [-0.3, -0.25) is 9.69 Å². The first-order valence-electron chi connectivity index (χ1n) is 8.80. The zero-order valence-corrected chi connectivity index (χ0v) is 14.6. The Kier molecular flexibility index (Phi) is 4.63. The summed E-state index contributed by atoms with van der Waals surface area (Å²) in [5, 5.41) is 6.38. The fourth-order valence-corrected chi connectivity index (χ4v) is 4.10. The SMILES string of the molecule is O=C(NC1CC1)C1CCCN(Cc2csc(-c3ccccc3)n2)C1. The Labute approximate surface area is 146 Å². The molecule has 1 saturated carbocycles. The highest BCUT2D eigenvalue weighted by molar-refractivity contribution is 7.13. The zero-order chi connectivity index (χ0) is 16.4.